The van der Waals surface area contributed by atoms with Crippen molar-refractivity contribution < 1.29 is 12.8 Å². The summed E-state index contributed by atoms with van der Waals surface area (Å²) in [4.78, 5) is 11.7. The van der Waals surface area contributed by atoms with Crippen molar-refractivity contribution in [1.82, 2.24) is 24.9 Å². The monoisotopic (exact) mass is 454 g/mol. The average molecular weight is 455 g/mol. The van der Waals surface area contributed by atoms with Gasteiger partial charge in [-0.05, 0) is 18.9 Å². The van der Waals surface area contributed by atoms with Crippen molar-refractivity contribution in [2.45, 2.75) is 32.2 Å². The number of halogens is 2. The summed E-state index contributed by atoms with van der Waals surface area (Å²) in [6.07, 6.45) is 5.37. The Kier molecular flexibility index (Phi) is 5.99. The number of aromatic nitrogens is 2. The third kappa shape index (κ3) is 4.30. The minimum atomic E-state index is -3.27. The molecule has 0 unspecified atom stereocenters. The van der Waals surface area contributed by atoms with E-state index < -0.39 is 15.9 Å². The van der Waals surface area contributed by atoms with E-state index >= 15 is 0 Å². The Hall–Kier alpha value is -2.17. The van der Waals surface area contributed by atoms with Crippen LogP contribution in [0.2, 0.25) is 5.02 Å². The molecule has 4 rings (SSSR count). The van der Waals surface area contributed by atoms with E-state index in [2.05, 4.69) is 25.6 Å². The number of hydrogen-bond donors (Lipinski definition) is 3. The fourth-order valence-electron chi connectivity index (χ4n) is 3.64. The standard InChI is InChI=1S/C19H24ClFN6O2S/c1-2-3-6-30(28,29)27-5-4-13(11-27)25-19-16(21)10-24-18(26-19)15-9-23-17-14(15)7-12(20)8-22-17/h7-9,13,25H,2-6,10-11H2,1H3,(H,22,23)(H,24,26)/t13-/m0/s1. The van der Waals surface area contributed by atoms with Crippen molar-refractivity contribution in [1.29, 1.82) is 0 Å². The van der Waals surface area contributed by atoms with Gasteiger partial charge in [-0.2, -0.15) is 4.31 Å². The molecule has 11 heteroatoms. The van der Waals surface area contributed by atoms with E-state index in [4.69, 9.17) is 11.6 Å². The van der Waals surface area contributed by atoms with Crippen molar-refractivity contribution >= 4 is 38.5 Å². The number of nitrogens with one attached hydrogen (secondary N) is 3. The summed E-state index contributed by atoms with van der Waals surface area (Å²) < 4.78 is 40.8. The lowest BCUT2D eigenvalue weighted by Crippen LogP contribution is -2.38. The Bertz CT molecular complexity index is 1110. The molecule has 162 valence electrons. The van der Waals surface area contributed by atoms with Gasteiger partial charge < -0.3 is 15.6 Å². The highest BCUT2D eigenvalue weighted by molar-refractivity contribution is 7.89. The average Bonchev–Trinajstić information content (AvgIpc) is 3.35. The van der Waals surface area contributed by atoms with Gasteiger partial charge in [-0.15, -0.1) is 0 Å². The second-order valence-electron chi connectivity index (χ2n) is 7.48. The predicted molar refractivity (Wildman–Crippen MR) is 116 cm³/mol. The first-order chi connectivity index (χ1) is 14.4. The third-order valence-electron chi connectivity index (χ3n) is 5.29. The molecule has 0 aliphatic carbocycles. The zero-order valence-corrected chi connectivity index (χ0v) is 18.2. The summed E-state index contributed by atoms with van der Waals surface area (Å²) in [5, 5.41) is 7.35. The molecule has 8 nitrogen and oxygen atoms in total. The normalized spacial score (nSPS) is 20.5. The van der Waals surface area contributed by atoms with E-state index in [1.807, 2.05) is 6.92 Å². The van der Waals surface area contributed by atoms with Gasteiger partial charge in [0.2, 0.25) is 10.0 Å². The lowest BCUT2D eigenvalue weighted by molar-refractivity contribution is 0.459. The fourth-order valence-corrected chi connectivity index (χ4v) is 5.50. The first-order valence-electron chi connectivity index (χ1n) is 9.96. The summed E-state index contributed by atoms with van der Waals surface area (Å²) >= 11 is 6.06. The van der Waals surface area contributed by atoms with E-state index in [-0.39, 0.29) is 24.2 Å². The van der Waals surface area contributed by atoms with Crippen molar-refractivity contribution in [2.24, 2.45) is 4.99 Å². The topological polar surface area (TPSA) is 102 Å². The van der Waals surface area contributed by atoms with Crippen LogP contribution in [0.4, 0.5) is 4.39 Å². The molecule has 3 N–H and O–H groups in total. The molecule has 2 aromatic heterocycles. The van der Waals surface area contributed by atoms with E-state index in [1.54, 1.807) is 18.5 Å². The Balaban J connectivity index is 1.50. The highest BCUT2D eigenvalue weighted by Crippen LogP contribution is 2.23. The number of hydrogen-bond acceptors (Lipinski definition) is 6. The quantitative estimate of drug-likeness (QED) is 0.596. The lowest BCUT2D eigenvalue weighted by Gasteiger charge is -2.21. The van der Waals surface area contributed by atoms with Crippen LogP contribution in [0.25, 0.3) is 11.0 Å². The van der Waals surface area contributed by atoms with Crippen LogP contribution in [0.15, 0.2) is 35.1 Å². The third-order valence-corrected chi connectivity index (χ3v) is 7.42. The van der Waals surface area contributed by atoms with Gasteiger partial charge in [-0.25, -0.2) is 22.8 Å². The number of nitrogens with zero attached hydrogens (tertiary/aromatic N) is 3. The highest BCUT2D eigenvalue weighted by atomic mass is 35.5. The second kappa shape index (κ2) is 8.52. The van der Waals surface area contributed by atoms with E-state index in [0.29, 0.717) is 42.4 Å². The van der Waals surface area contributed by atoms with Crippen LogP contribution in [-0.2, 0) is 10.0 Å². The summed E-state index contributed by atoms with van der Waals surface area (Å²) in [5.41, 5.74) is 1.40. The zero-order valence-electron chi connectivity index (χ0n) is 16.6. The number of fused-ring (bicyclic) bond motifs is 1. The Morgan fingerprint density at radius 1 is 1.43 bits per heavy atom. The number of H-pyrrole nitrogens is 1. The summed E-state index contributed by atoms with van der Waals surface area (Å²) in [6, 6.07) is 1.59. The molecule has 1 atom stereocenters. The molecule has 30 heavy (non-hydrogen) atoms. The molecule has 0 radical (unpaired) electrons. The number of aromatic amines is 1. The Labute approximate surface area is 179 Å². The van der Waals surface area contributed by atoms with Gasteiger partial charge >= 0.3 is 0 Å². The van der Waals surface area contributed by atoms with Gasteiger partial charge in [-0.3, -0.25) is 0 Å². The predicted octanol–water partition coefficient (Wildman–Crippen LogP) is 2.50. The first-order valence-corrected chi connectivity index (χ1v) is 11.9. The van der Waals surface area contributed by atoms with Crippen molar-refractivity contribution in [3.05, 3.63) is 40.7 Å². The number of pyridine rings is 1. The molecule has 2 aromatic rings. The van der Waals surface area contributed by atoms with Crippen LogP contribution in [0, 0.1) is 0 Å². The highest BCUT2D eigenvalue weighted by Gasteiger charge is 2.32. The van der Waals surface area contributed by atoms with Gasteiger partial charge in [0, 0.05) is 42.5 Å². The van der Waals surface area contributed by atoms with Gasteiger partial charge in [0.05, 0.1) is 17.3 Å². The second-order valence-corrected chi connectivity index (χ2v) is 10.0. The van der Waals surface area contributed by atoms with Crippen LogP contribution >= 0.6 is 11.6 Å². The number of rotatable bonds is 7. The molecule has 0 aromatic carbocycles. The van der Waals surface area contributed by atoms with Crippen molar-refractivity contribution in [3.8, 4) is 0 Å². The van der Waals surface area contributed by atoms with E-state index in [1.165, 1.54) is 4.31 Å². The molecular formula is C19H24ClFN6O2S. The SMILES string of the molecule is CCCCS(=O)(=O)N1CC[C@H](NC2=C(F)CNC(c3c[nH]c4ncc(Cl)cc34)=N2)C1. The van der Waals surface area contributed by atoms with Crippen LogP contribution < -0.4 is 10.6 Å². The zero-order chi connectivity index (χ0) is 21.3. The molecule has 0 amide bonds. The van der Waals surface area contributed by atoms with Gasteiger partial charge in [0.1, 0.15) is 11.5 Å². The molecule has 2 aliphatic rings. The van der Waals surface area contributed by atoms with E-state index in [9.17, 15) is 12.8 Å². The number of unbranched alkanes of at least 4 members (excludes halogenated alkanes) is 1. The van der Waals surface area contributed by atoms with Gasteiger partial charge in [0.15, 0.2) is 11.6 Å². The summed E-state index contributed by atoms with van der Waals surface area (Å²) in [5.74, 6) is 0.365. The maximum atomic E-state index is 14.5. The molecule has 1 saturated heterocycles. The summed E-state index contributed by atoms with van der Waals surface area (Å²) in [7, 11) is -3.27. The molecule has 0 spiro atoms. The van der Waals surface area contributed by atoms with Crippen LogP contribution in [0.1, 0.15) is 31.7 Å². The minimum Gasteiger partial charge on any atom is -0.364 e. The van der Waals surface area contributed by atoms with Crippen LogP contribution in [0.5, 0.6) is 0 Å². The lowest BCUT2D eigenvalue weighted by atomic mass is 10.2. The van der Waals surface area contributed by atoms with Crippen molar-refractivity contribution in [2.75, 3.05) is 25.4 Å². The molecular weight excluding hydrogens is 431 g/mol. The Morgan fingerprint density at radius 2 is 2.27 bits per heavy atom. The molecule has 0 bridgehead atoms. The minimum absolute atomic E-state index is 0.00688. The Morgan fingerprint density at radius 3 is 3.07 bits per heavy atom. The largest absolute Gasteiger partial charge is 0.364 e. The summed E-state index contributed by atoms with van der Waals surface area (Å²) in [6.45, 7) is 2.70. The van der Waals surface area contributed by atoms with Crippen LogP contribution in [0.3, 0.4) is 0 Å². The smallest absolute Gasteiger partial charge is 0.214 e. The van der Waals surface area contributed by atoms with Gasteiger partial charge in [0.25, 0.3) is 0 Å². The number of amidine groups is 1. The molecule has 2 aliphatic heterocycles. The molecule has 1 fully saturated rings. The molecule has 4 heterocycles. The maximum absolute atomic E-state index is 14.5. The van der Waals surface area contributed by atoms with Crippen molar-refractivity contribution in [3.63, 3.8) is 0 Å². The van der Waals surface area contributed by atoms with Crippen LogP contribution in [-0.4, -0.2) is 60.0 Å². The van der Waals surface area contributed by atoms with Gasteiger partial charge in [-0.1, -0.05) is 24.9 Å². The number of aliphatic imine (C=N–C) groups is 1. The number of sulfonamides is 1. The maximum Gasteiger partial charge on any atom is 0.214 e. The molecule has 0 saturated carbocycles. The van der Waals surface area contributed by atoms with E-state index in [0.717, 1.165) is 17.4 Å². The first kappa shape index (κ1) is 21.1. The fraction of sp³-hybridized carbons (Fsp3) is 0.474.